The molecule has 0 aromatic heterocycles. The highest BCUT2D eigenvalue weighted by atomic mass is 14.4. The van der Waals surface area contributed by atoms with Gasteiger partial charge >= 0.3 is 0 Å². The normalized spacial score (nSPS) is 30.1. The fourth-order valence-corrected chi connectivity index (χ4v) is 7.47. The average molecular weight is 463 g/mol. The first-order chi connectivity index (χ1) is 15.8. The van der Waals surface area contributed by atoms with Crippen molar-refractivity contribution in [3.8, 4) is 0 Å². The quantitative estimate of drug-likeness (QED) is 0.255. The molecule has 2 rings (SSSR count). The van der Waals surface area contributed by atoms with E-state index in [1.807, 2.05) is 0 Å². The fraction of sp³-hybridized carbons (Fsp3) is 1.00. The van der Waals surface area contributed by atoms with Crippen LogP contribution in [0.3, 0.4) is 0 Å². The molecule has 0 aromatic rings. The van der Waals surface area contributed by atoms with Crippen LogP contribution in [0.15, 0.2) is 0 Å². The Morgan fingerprint density at radius 2 is 1.27 bits per heavy atom. The van der Waals surface area contributed by atoms with Gasteiger partial charge in [-0.1, -0.05) is 133 Å². The maximum absolute atomic E-state index is 2.66. The monoisotopic (exact) mass is 463 g/mol. The molecule has 0 nitrogen and oxygen atoms in total. The average Bonchev–Trinajstić information content (AvgIpc) is 3.27. The Kier molecular flexibility index (Phi) is 16.4. The van der Waals surface area contributed by atoms with Crippen molar-refractivity contribution in [2.24, 2.45) is 53.3 Å². The van der Waals surface area contributed by atoms with E-state index in [4.69, 9.17) is 0 Å². The van der Waals surface area contributed by atoms with Gasteiger partial charge in [0.2, 0.25) is 0 Å². The molecule has 7 atom stereocenters. The molecule has 0 saturated heterocycles. The highest BCUT2D eigenvalue weighted by Gasteiger charge is 2.36. The van der Waals surface area contributed by atoms with Crippen molar-refractivity contribution in [3.05, 3.63) is 0 Å². The first-order valence-corrected chi connectivity index (χ1v) is 15.8. The van der Waals surface area contributed by atoms with Gasteiger partial charge in [-0.15, -0.1) is 0 Å². The van der Waals surface area contributed by atoms with Crippen LogP contribution in [0, 0.1) is 53.3 Å². The van der Waals surface area contributed by atoms with E-state index in [2.05, 4.69) is 62.3 Å². The van der Waals surface area contributed by atoms with Gasteiger partial charge in [-0.05, 0) is 78.9 Å². The molecular weight excluding hydrogens is 396 g/mol. The third kappa shape index (κ3) is 11.1. The van der Waals surface area contributed by atoms with Gasteiger partial charge in [-0.25, -0.2) is 0 Å². The van der Waals surface area contributed by atoms with Crippen LogP contribution in [-0.2, 0) is 0 Å². The van der Waals surface area contributed by atoms with Gasteiger partial charge in [-0.3, -0.25) is 0 Å². The second-order valence-corrected chi connectivity index (χ2v) is 13.0. The van der Waals surface area contributed by atoms with E-state index < -0.39 is 0 Å². The van der Waals surface area contributed by atoms with Gasteiger partial charge in [0.25, 0.3) is 0 Å². The lowest BCUT2D eigenvalue weighted by Crippen LogP contribution is -2.29. The van der Waals surface area contributed by atoms with Crippen LogP contribution in [0.25, 0.3) is 0 Å². The first kappa shape index (κ1) is 31.0. The molecule has 2 aliphatic rings. The van der Waals surface area contributed by atoms with E-state index >= 15 is 0 Å². The summed E-state index contributed by atoms with van der Waals surface area (Å²) in [5.74, 6) is 8.75. The summed E-state index contributed by atoms with van der Waals surface area (Å²) in [4.78, 5) is 0. The van der Waals surface area contributed by atoms with Crippen molar-refractivity contribution >= 4 is 0 Å². The highest BCUT2D eigenvalue weighted by Crippen LogP contribution is 2.46. The van der Waals surface area contributed by atoms with Crippen molar-refractivity contribution in [1.29, 1.82) is 0 Å². The number of hydrogen-bond acceptors (Lipinski definition) is 0. The molecule has 0 heteroatoms. The summed E-state index contributed by atoms with van der Waals surface area (Å²) in [6.45, 7) is 21.8. The largest absolute Gasteiger partial charge is 0.0656 e. The third-order valence-electron chi connectivity index (χ3n) is 9.96. The Morgan fingerprint density at radius 1 is 0.697 bits per heavy atom. The minimum atomic E-state index is 0.900. The Labute approximate surface area is 211 Å². The van der Waals surface area contributed by atoms with Gasteiger partial charge in [0, 0.05) is 0 Å². The van der Waals surface area contributed by atoms with Crippen LogP contribution >= 0.6 is 0 Å². The molecule has 0 aliphatic heterocycles. The van der Waals surface area contributed by atoms with Crippen molar-refractivity contribution in [1.82, 2.24) is 0 Å². The first-order valence-electron chi connectivity index (χ1n) is 15.8. The molecule has 2 saturated carbocycles. The topological polar surface area (TPSA) is 0 Å². The number of hydrogen-bond donors (Lipinski definition) is 0. The van der Waals surface area contributed by atoms with Gasteiger partial charge in [0.1, 0.15) is 0 Å². The van der Waals surface area contributed by atoms with E-state index in [0.717, 1.165) is 53.3 Å². The summed E-state index contributed by atoms with van der Waals surface area (Å²) in [5.41, 5.74) is 0. The molecule has 198 valence electrons. The van der Waals surface area contributed by atoms with Crippen LogP contribution < -0.4 is 0 Å². The standard InChI is InChI=1S/C30H58.C3H8/c1-8-11-23(5)25(7)30(29-18-17-26(10-3)20-29)19-24(6)28(12-9-2)21-27-15-13-22(4)14-16-27;1-3-2/h22-30H,8-21H2,1-7H3;3H2,1-2H3. The maximum atomic E-state index is 2.66. The Bertz CT molecular complexity index is 443. The molecule has 33 heavy (non-hydrogen) atoms. The van der Waals surface area contributed by atoms with E-state index in [0.29, 0.717) is 0 Å². The van der Waals surface area contributed by atoms with Crippen molar-refractivity contribution in [3.63, 3.8) is 0 Å². The summed E-state index contributed by atoms with van der Waals surface area (Å²) in [6, 6.07) is 0. The van der Waals surface area contributed by atoms with E-state index in [1.165, 1.54) is 96.3 Å². The maximum Gasteiger partial charge on any atom is -0.0355 e. The lowest BCUT2D eigenvalue weighted by atomic mass is 9.67. The van der Waals surface area contributed by atoms with E-state index in [1.54, 1.807) is 0 Å². The van der Waals surface area contributed by atoms with Crippen molar-refractivity contribution in [2.45, 2.75) is 159 Å². The van der Waals surface area contributed by atoms with E-state index in [9.17, 15) is 0 Å². The molecule has 0 bridgehead atoms. The summed E-state index contributed by atoms with van der Waals surface area (Å²) in [6.07, 6.45) is 21.9. The third-order valence-corrected chi connectivity index (χ3v) is 9.96. The SMILES string of the molecule is CCC.CCCC(C)C(C)C(CC(C)C(CCC)CC1CCC(C)CC1)C1CCC(CC)C1. The molecule has 0 radical (unpaired) electrons. The smallest absolute Gasteiger partial charge is 0.0355 e. The van der Waals surface area contributed by atoms with Crippen LogP contribution in [0.2, 0.25) is 0 Å². The second-order valence-electron chi connectivity index (χ2n) is 13.0. The molecule has 0 heterocycles. The minimum Gasteiger partial charge on any atom is -0.0656 e. The summed E-state index contributed by atoms with van der Waals surface area (Å²) in [5, 5.41) is 0. The lowest BCUT2D eigenvalue weighted by molar-refractivity contribution is 0.116. The van der Waals surface area contributed by atoms with Gasteiger partial charge in [0.15, 0.2) is 0 Å². The molecular formula is C33H66. The van der Waals surface area contributed by atoms with Crippen LogP contribution in [0.1, 0.15) is 159 Å². The molecule has 0 amide bonds. The van der Waals surface area contributed by atoms with E-state index in [-0.39, 0.29) is 0 Å². The molecule has 2 aliphatic carbocycles. The lowest BCUT2D eigenvalue weighted by Gasteiger charge is -2.38. The Balaban J connectivity index is 0.00000172. The number of rotatable bonds is 13. The van der Waals surface area contributed by atoms with Crippen LogP contribution in [-0.4, -0.2) is 0 Å². The molecule has 0 spiro atoms. The van der Waals surface area contributed by atoms with Crippen molar-refractivity contribution < 1.29 is 0 Å². The van der Waals surface area contributed by atoms with Crippen LogP contribution in [0.4, 0.5) is 0 Å². The van der Waals surface area contributed by atoms with Gasteiger partial charge in [0.05, 0.1) is 0 Å². The van der Waals surface area contributed by atoms with Crippen LogP contribution in [0.5, 0.6) is 0 Å². The molecule has 0 N–H and O–H groups in total. The Hall–Kier alpha value is 0. The highest BCUT2D eigenvalue weighted by molar-refractivity contribution is 4.87. The zero-order chi connectivity index (χ0) is 24.8. The summed E-state index contributed by atoms with van der Waals surface area (Å²) >= 11 is 0. The minimum absolute atomic E-state index is 0.900. The predicted octanol–water partition coefficient (Wildman–Crippen LogP) is 11.6. The van der Waals surface area contributed by atoms with Gasteiger partial charge in [-0.2, -0.15) is 0 Å². The fourth-order valence-electron chi connectivity index (χ4n) is 7.47. The summed E-state index contributed by atoms with van der Waals surface area (Å²) in [7, 11) is 0. The Morgan fingerprint density at radius 3 is 1.79 bits per heavy atom. The molecule has 2 fully saturated rings. The molecule has 7 unspecified atom stereocenters. The molecule has 0 aromatic carbocycles. The zero-order valence-corrected chi connectivity index (χ0v) is 24.8. The van der Waals surface area contributed by atoms with Gasteiger partial charge < -0.3 is 0 Å². The summed E-state index contributed by atoms with van der Waals surface area (Å²) < 4.78 is 0. The second kappa shape index (κ2) is 17.4. The zero-order valence-electron chi connectivity index (χ0n) is 24.8. The predicted molar refractivity (Wildman–Crippen MR) is 152 cm³/mol. The van der Waals surface area contributed by atoms with Crippen molar-refractivity contribution in [2.75, 3.05) is 0 Å².